The Hall–Kier alpha value is -2.21. The van der Waals surface area contributed by atoms with Crippen LogP contribution in [0.3, 0.4) is 0 Å². The molecule has 0 atom stereocenters. The van der Waals surface area contributed by atoms with Crippen molar-refractivity contribution in [2.24, 2.45) is 0 Å². The van der Waals surface area contributed by atoms with Crippen molar-refractivity contribution in [3.63, 3.8) is 0 Å². The third-order valence-corrected chi connectivity index (χ3v) is 3.08. The third kappa shape index (κ3) is 3.21. The summed E-state index contributed by atoms with van der Waals surface area (Å²) in [4.78, 5) is 22.9. The first kappa shape index (κ1) is 14.2. The molecule has 1 aromatic carbocycles. The van der Waals surface area contributed by atoms with E-state index >= 15 is 0 Å². The standard InChI is InChI=1S/C14H14N2O3S/c1-2-13(17)15-9-16-7-12(14(18)19-16)11-5-3-10(8-20)4-6-11/h3-8H,2,9H2,1H3,(H,15,17). The van der Waals surface area contributed by atoms with E-state index in [1.165, 1.54) is 4.74 Å². The molecule has 0 spiro atoms. The Balaban J connectivity index is 2.20. The Morgan fingerprint density at radius 2 is 2.10 bits per heavy atom. The fraction of sp³-hybridized carbons (Fsp3) is 0.214. The van der Waals surface area contributed by atoms with Crippen molar-refractivity contribution < 1.29 is 9.32 Å². The van der Waals surface area contributed by atoms with Crippen LogP contribution in [0.4, 0.5) is 0 Å². The Labute approximate surface area is 121 Å². The summed E-state index contributed by atoms with van der Waals surface area (Å²) in [5.41, 5.74) is 1.67. The topological polar surface area (TPSA) is 64.2 Å². The monoisotopic (exact) mass is 290 g/mol. The molecular weight excluding hydrogens is 276 g/mol. The van der Waals surface area contributed by atoms with Crippen molar-refractivity contribution in [1.82, 2.24) is 10.1 Å². The second-order valence-electron chi connectivity index (χ2n) is 4.19. The fourth-order valence-corrected chi connectivity index (χ4v) is 1.84. The number of hydrogen-bond donors (Lipinski definition) is 1. The number of nitrogens with one attached hydrogen (secondary N) is 1. The Morgan fingerprint density at radius 3 is 2.70 bits per heavy atom. The zero-order valence-electron chi connectivity index (χ0n) is 11.0. The number of carbonyl (C=O) groups is 1. The maximum atomic E-state index is 11.8. The lowest BCUT2D eigenvalue weighted by atomic mass is 10.1. The summed E-state index contributed by atoms with van der Waals surface area (Å²) in [6.07, 6.45) is 1.96. The largest absolute Gasteiger partial charge is 0.365 e. The van der Waals surface area contributed by atoms with Crippen LogP contribution in [0, 0.1) is 0 Å². The molecule has 2 aromatic rings. The number of nitrogens with zero attached hydrogens (tertiary/aromatic N) is 1. The predicted octanol–water partition coefficient (Wildman–Crippen LogP) is 1.94. The normalized spacial score (nSPS) is 10.2. The minimum Gasteiger partial charge on any atom is -0.336 e. The van der Waals surface area contributed by atoms with Gasteiger partial charge in [0.25, 0.3) is 0 Å². The third-order valence-electron chi connectivity index (χ3n) is 2.80. The molecule has 0 bridgehead atoms. The fourth-order valence-electron chi connectivity index (χ4n) is 1.68. The molecule has 0 saturated carbocycles. The highest BCUT2D eigenvalue weighted by atomic mass is 32.1. The average molecular weight is 290 g/mol. The van der Waals surface area contributed by atoms with E-state index < -0.39 is 5.63 Å². The smallest absolute Gasteiger partial charge is 0.336 e. The van der Waals surface area contributed by atoms with Gasteiger partial charge >= 0.3 is 5.63 Å². The van der Waals surface area contributed by atoms with Gasteiger partial charge in [-0.25, -0.2) is 4.79 Å². The molecule has 0 aliphatic heterocycles. The van der Waals surface area contributed by atoms with E-state index in [0.717, 1.165) is 11.1 Å². The molecule has 6 heteroatoms. The van der Waals surface area contributed by atoms with Crippen LogP contribution in [0.5, 0.6) is 0 Å². The number of amides is 1. The van der Waals surface area contributed by atoms with Gasteiger partial charge in [-0.05, 0) is 11.1 Å². The molecule has 20 heavy (non-hydrogen) atoms. The first-order valence-corrected chi connectivity index (χ1v) is 6.64. The van der Waals surface area contributed by atoms with E-state index in [1.807, 2.05) is 12.1 Å². The van der Waals surface area contributed by atoms with E-state index in [9.17, 15) is 9.59 Å². The number of carbonyl (C=O) groups excluding carboxylic acids is 1. The van der Waals surface area contributed by atoms with Crippen molar-refractivity contribution >= 4 is 23.5 Å². The van der Waals surface area contributed by atoms with Crippen LogP contribution in [-0.2, 0) is 11.5 Å². The first-order valence-electron chi connectivity index (χ1n) is 6.17. The van der Waals surface area contributed by atoms with Gasteiger partial charge in [0.15, 0.2) is 0 Å². The molecule has 0 unspecified atom stereocenters. The molecule has 5 nitrogen and oxygen atoms in total. The molecule has 2 rings (SSSR count). The summed E-state index contributed by atoms with van der Waals surface area (Å²) in [5.74, 6) is -0.103. The summed E-state index contributed by atoms with van der Waals surface area (Å²) < 4.78 is 6.34. The molecule has 1 aromatic heterocycles. The zero-order valence-corrected chi connectivity index (χ0v) is 11.8. The summed E-state index contributed by atoms with van der Waals surface area (Å²) in [6.45, 7) is 1.89. The van der Waals surface area contributed by atoms with Crippen LogP contribution in [-0.4, -0.2) is 16.0 Å². The highest BCUT2D eigenvalue weighted by molar-refractivity contribution is 7.79. The average Bonchev–Trinajstić information content (AvgIpc) is 2.86. The molecular formula is C14H14N2O3S. The number of benzene rings is 1. The van der Waals surface area contributed by atoms with Crippen molar-refractivity contribution in [2.75, 3.05) is 0 Å². The summed E-state index contributed by atoms with van der Waals surface area (Å²) in [6, 6.07) is 7.27. The van der Waals surface area contributed by atoms with Crippen molar-refractivity contribution in [3.8, 4) is 11.1 Å². The van der Waals surface area contributed by atoms with Gasteiger partial charge in [-0.1, -0.05) is 43.4 Å². The molecule has 0 saturated heterocycles. The summed E-state index contributed by atoms with van der Waals surface area (Å²) in [5, 5.41) is 4.20. The Morgan fingerprint density at radius 1 is 1.40 bits per heavy atom. The van der Waals surface area contributed by atoms with Crippen LogP contribution in [0.1, 0.15) is 18.9 Å². The van der Waals surface area contributed by atoms with Crippen molar-refractivity contribution in [3.05, 3.63) is 46.4 Å². The number of thiocarbonyl (C=S) groups is 1. The van der Waals surface area contributed by atoms with Crippen LogP contribution >= 0.6 is 12.2 Å². The lowest BCUT2D eigenvalue weighted by Gasteiger charge is -2.01. The Bertz CT molecular complexity index is 670. The second kappa shape index (κ2) is 6.29. The number of aromatic nitrogens is 1. The molecule has 1 amide bonds. The van der Waals surface area contributed by atoms with Crippen molar-refractivity contribution in [2.45, 2.75) is 20.0 Å². The van der Waals surface area contributed by atoms with Gasteiger partial charge in [0, 0.05) is 11.8 Å². The molecule has 0 radical (unpaired) electrons. The van der Waals surface area contributed by atoms with Crippen LogP contribution in [0.15, 0.2) is 39.8 Å². The van der Waals surface area contributed by atoms with E-state index in [0.29, 0.717) is 12.0 Å². The van der Waals surface area contributed by atoms with E-state index in [1.54, 1.807) is 30.6 Å². The van der Waals surface area contributed by atoms with Crippen LogP contribution in [0.2, 0.25) is 0 Å². The van der Waals surface area contributed by atoms with Gasteiger partial charge < -0.3 is 9.84 Å². The van der Waals surface area contributed by atoms with Crippen molar-refractivity contribution in [1.29, 1.82) is 0 Å². The SMILES string of the molecule is CCC(=O)NCn1cc(-c2ccc(C=S)cc2)c(=O)o1. The highest BCUT2D eigenvalue weighted by Gasteiger charge is 2.09. The van der Waals surface area contributed by atoms with E-state index in [4.69, 9.17) is 16.7 Å². The second-order valence-corrected chi connectivity index (χ2v) is 4.43. The maximum Gasteiger partial charge on any atom is 0.365 e. The highest BCUT2D eigenvalue weighted by Crippen LogP contribution is 2.16. The van der Waals surface area contributed by atoms with Gasteiger partial charge in [-0.2, -0.15) is 4.74 Å². The Kier molecular flexibility index (Phi) is 4.47. The summed E-state index contributed by atoms with van der Waals surface area (Å²) >= 11 is 4.83. The van der Waals surface area contributed by atoms with Gasteiger partial charge in [0.1, 0.15) is 6.67 Å². The molecule has 0 aliphatic rings. The first-order chi connectivity index (χ1) is 9.63. The van der Waals surface area contributed by atoms with E-state index in [2.05, 4.69) is 5.32 Å². The van der Waals surface area contributed by atoms with Crippen LogP contribution in [0.25, 0.3) is 11.1 Å². The van der Waals surface area contributed by atoms with E-state index in [-0.39, 0.29) is 12.6 Å². The zero-order chi connectivity index (χ0) is 14.5. The lowest BCUT2D eigenvalue weighted by molar-refractivity contribution is -0.121. The molecule has 104 valence electrons. The number of hydrogen-bond acceptors (Lipinski definition) is 4. The molecule has 1 N–H and O–H groups in total. The summed E-state index contributed by atoms with van der Waals surface area (Å²) in [7, 11) is 0. The van der Waals surface area contributed by atoms with Crippen LogP contribution < -0.4 is 10.9 Å². The van der Waals surface area contributed by atoms with Gasteiger partial charge in [-0.3, -0.25) is 4.79 Å². The van der Waals surface area contributed by atoms with Gasteiger partial charge in [-0.15, -0.1) is 0 Å². The van der Waals surface area contributed by atoms with Gasteiger partial charge in [0.2, 0.25) is 5.91 Å². The lowest BCUT2D eigenvalue weighted by Crippen LogP contribution is -2.24. The maximum absolute atomic E-state index is 11.8. The number of rotatable bonds is 5. The molecule has 0 fully saturated rings. The molecule has 0 aliphatic carbocycles. The minimum absolute atomic E-state index is 0.103. The van der Waals surface area contributed by atoms with Gasteiger partial charge in [0.05, 0.1) is 11.8 Å². The quantitative estimate of drug-likeness (QED) is 0.855. The predicted molar refractivity (Wildman–Crippen MR) is 79.6 cm³/mol. The molecule has 1 heterocycles. The minimum atomic E-state index is -0.439.